The van der Waals surface area contributed by atoms with E-state index in [4.69, 9.17) is 4.52 Å². The molecule has 5 heteroatoms. The van der Waals surface area contributed by atoms with E-state index in [1.54, 1.807) is 0 Å². The minimum atomic E-state index is -0.171. The number of nitrogens with zero attached hydrogens (tertiary/aromatic N) is 3. The second-order valence-corrected chi connectivity index (χ2v) is 4.86. The number of ketones is 1. The van der Waals surface area contributed by atoms with Gasteiger partial charge < -0.3 is 4.52 Å². The fraction of sp³-hybridized carbons (Fsp3) is 0.750. The molecule has 1 fully saturated rings. The van der Waals surface area contributed by atoms with Crippen LogP contribution in [0.4, 0.5) is 0 Å². The van der Waals surface area contributed by atoms with Gasteiger partial charge in [0.15, 0.2) is 5.82 Å². The largest absolute Gasteiger partial charge is 0.331 e. The topological polar surface area (TPSA) is 59.2 Å². The first kappa shape index (κ1) is 12.2. The SMILES string of the molecule is CC(=O)c1nc(C2CCCCN2C(C)C)no1. The van der Waals surface area contributed by atoms with Crippen molar-refractivity contribution in [3.8, 4) is 0 Å². The molecule has 5 nitrogen and oxygen atoms in total. The third-order valence-electron chi connectivity index (χ3n) is 3.25. The Kier molecular flexibility index (Phi) is 3.57. The van der Waals surface area contributed by atoms with Gasteiger partial charge in [0.1, 0.15) is 0 Å². The first-order valence-corrected chi connectivity index (χ1v) is 6.20. The number of piperidine rings is 1. The summed E-state index contributed by atoms with van der Waals surface area (Å²) < 4.78 is 4.97. The Labute approximate surface area is 101 Å². The molecular weight excluding hydrogens is 218 g/mol. The highest BCUT2D eigenvalue weighted by atomic mass is 16.5. The maximum Gasteiger partial charge on any atom is 0.293 e. The van der Waals surface area contributed by atoms with Crippen LogP contribution in [0.5, 0.6) is 0 Å². The lowest BCUT2D eigenvalue weighted by atomic mass is 10.00. The maximum absolute atomic E-state index is 11.1. The van der Waals surface area contributed by atoms with Crippen molar-refractivity contribution >= 4 is 5.78 Å². The molecule has 1 saturated heterocycles. The summed E-state index contributed by atoms with van der Waals surface area (Å²) in [6, 6.07) is 0.653. The van der Waals surface area contributed by atoms with Crippen LogP contribution in [-0.4, -0.2) is 33.4 Å². The van der Waals surface area contributed by atoms with E-state index in [0.717, 1.165) is 13.0 Å². The van der Waals surface area contributed by atoms with Gasteiger partial charge in [-0.2, -0.15) is 4.98 Å². The quantitative estimate of drug-likeness (QED) is 0.754. The molecule has 2 heterocycles. The Bertz CT molecular complexity index is 400. The average Bonchev–Trinajstić information content (AvgIpc) is 2.78. The van der Waals surface area contributed by atoms with Gasteiger partial charge in [-0.15, -0.1) is 0 Å². The summed E-state index contributed by atoms with van der Waals surface area (Å²) in [6.45, 7) is 6.85. The van der Waals surface area contributed by atoms with Gasteiger partial charge >= 0.3 is 0 Å². The summed E-state index contributed by atoms with van der Waals surface area (Å²) >= 11 is 0. The molecule has 17 heavy (non-hydrogen) atoms. The van der Waals surface area contributed by atoms with E-state index in [1.165, 1.54) is 19.8 Å². The molecule has 1 aromatic heterocycles. The zero-order valence-corrected chi connectivity index (χ0v) is 10.6. The molecule has 0 radical (unpaired) electrons. The maximum atomic E-state index is 11.1. The smallest absolute Gasteiger partial charge is 0.293 e. The van der Waals surface area contributed by atoms with Crippen LogP contribution in [0.2, 0.25) is 0 Å². The van der Waals surface area contributed by atoms with Crippen LogP contribution < -0.4 is 0 Å². The summed E-state index contributed by atoms with van der Waals surface area (Å²) in [4.78, 5) is 17.7. The molecular formula is C12H19N3O2. The Morgan fingerprint density at radius 1 is 1.47 bits per heavy atom. The monoisotopic (exact) mass is 237 g/mol. The molecule has 0 aliphatic carbocycles. The molecule has 1 aromatic rings. The van der Waals surface area contributed by atoms with Gasteiger partial charge in [0.25, 0.3) is 5.89 Å². The van der Waals surface area contributed by atoms with Crippen molar-refractivity contribution in [2.24, 2.45) is 0 Å². The number of carbonyl (C=O) groups excluding carboxylic acids is 1. The standard InChI is InChI=1S/C12H19N3O2/c1-8(2)15-7-5-4-6-10(15)11-13-12(9(3)16)17-14-11/h8,10H,4-7H2,1-3H3. The molecule has 1 aliphatic heterocycles. The number of rotatable bonds is 3. The minimum absolute atomic E-state index is 0.120. The highest BCUT2D eigenvalue weighted by Gasteiger charge is 2.29. The lowest BCUT2D eigenvalue weighted by Gasteiger charge is -2.36. The zero-order chi connectivity index (χ0) is 12.4. The number of aromatic nitrogens is 2. The van der Waals surface area contributed by atoms with E-state index in [-0.39, 0.29) is 17.7 Å². The molecule has 94 valence electrons. The van der Waals surface area contributed by atoms with E-state index in [1.807, 2.05) is 0 Å². The van der Waals surface area contributed by atoms with Crippen molar-refractivity contribution in [3.05, 3.63) is 11.7 Å². The molecule has 0 amide bonds. The third kappa shape index (κ3) is 2.54. The Morgan fingerprint density at radius 2 is 2.24 bits per heavy atom. The molecule has 1 aliphatic rings. The Morgan fingerprint density at radius 3 is 2.82 bits per heavy atom. The van der Waals surface area contributed by atoms with E-state index in [0.29, 0.717) is 11.9 Å². The lowest BCUT2D eigenvalue weighted by Crippen LogP contribution is -2.39. The van der Waals surface area contributed by atoms with Gasteiger partial charge in [0.05, 0.1) is 6.04 Å². The van der Waals surface area contributed by atoms with Crippen LogP contribution >= 0.6 is 0 Å². The zero-order valence-electron chi connectivity index (χ0n) is 10.6. The third-order valence-corrected chi connectivity index (χ3v) is 3.25. The number of Topliss-reactive ketones (excluding diaryl/α,β-unsaturated/α-hetero) is 1. The van der Waals surface area contributed by atoms with Gasteiger partial charge in [0.2, 0.25) is 5.78 Å². The molecule has 1 atom stereocenters. The number of hydrogen-bond acceptors (Lipinski definition) is 5. The lowest BCUT2D eigenvalue weighted by molar-refractivity contribution is 0.0970. The van der Waals surface area contributed by atoms with Gasteiger partial charge in [-0.05, 0) is 33.2 Å². The summed E-state index contributed by atoms with van der Waals surface area (Å²) in [5.74, 6) is 0.605. The van der Waals surface area contributed by atoms with Crippen molar-refractivity contribution in [3.63, 3.8) is 0 Å². The first-order chi connectivity index (χ1) is 8.09. The molecule has 0 bridgehead atoms. The predicted molar refractivity (Wildman–Crippen MR) is 62.7 cm³/mol. The van der Waals surface area contributed by atoms with Gasteiger partial charge in [-0.3, -0.25) is 9.69 Å². The van der Waals surface area contributed by atoms with Crippen LogP contribution in [0.3, 0.4) is 0 Å². The fourth-order valence-corrected chi connectivity index (χ4v) is 2.36. The highest BCUT2D eigenvalue weighted by Crippen LogP contribution is 2.30. The second kappa shape index (κ2) is 4.96. The summed E-state index contributed by atoms with van der Waals surface area (Å²) in [7, 11) is 0. The second-order valence-electron chi connectivity index (χ2n) is 4.86. The fourth-order valence-electron chi connectivity index (χ4n) is 2.36. The van der Waals surface area contributed by atoms with E-state index >= 15 is 0 Å². The van der Waals surface area contributed by atoms with Crippen LogP contribution in [0.15, 0.2) is 4.52 Å². The van der Waals surface area contributed by atoms with Crippen molar-refractivity contribution in [1.29, 1.82) is 0 Å². The van der Waals surface area contributed by atoms with Crippen LogP contribution in [-0.2, 0) is 0 Å². The molecule has 2 rings (SSSR count). The number of hydrogen-bond donors (Lipinski definition) is 0. The predicted octanol–water partition coefficient (Wildman–Crippen LogP) is 2.21. The van der Waals surface area contributed by atoms with Gasteiger partial charge in [-0.25, -0.2) is 0 Å². The van der Waals surface area contributed by atoms with Crippen molar-refractivity contribution < 1.29 is 9.32 Å². The van der Waals surface area contributed by atoms with E-state index in [9.17, 15) is 4.79 Å². The summed E-state index contributed by atoms with van der Waals surface area (Å²) in [5, 5.41) is 3.95. The van der Waals surface area contributed by atoms with Crippen LogP contribution in [0, 0.1) is 0 Å². The van der Waals surface area contributed by atoms with E-state index < -0.39 is 0 Å². The van der Waals surface area contributed by atoms with Crippen LogP contribution in [0.25, 0.3) is 0 Å². The summed E-state index contributed by atoms with van der Waals surface area (Å²) in [6.07, 6.45) is 3.43. The average molecular weight is 237 g/mol. The molecule has 0 N–H and O–H groups in total. The Hall–Kier alpha value is -1.23. The normalized spacial score (nSPS) is 22.0. The first-order valence-electron chi connectivity index (χ1n) is 6.20. The van der Waals surface area contributed by atoms with Crippen LogP contribution in [0.1, 0.15) is 62.6 Å². The molecule has 1 unspecified atom stereocenters. The number of carbonyl (C=O) groups is 1. The van der Waals surface area contributed by atoms with Gasteiger partial charge in [0, 0.05) is 13.0 Å². The molecule has 0 spiro atoms. The van der Waals surface area contributed by atoms with E-state index in [2.05, 4.69) is 28.9 Å². The minimum Gasteiger partial charge on any atom is -0.331 e. The number of likely N-dealkylation sites (tertiary alicyclic amines) is 1. The van der Waals surface area contributed by atoms with Crippen molar-refractivity contribution in [2.45, 2.75) is 52.1 Å². The summed E-state index contributed by atoms with van der Waals surface area (Å²) in [5.41, 5.74) is 0. The molecule has 0 saturated carbocycles. The van der Waals surface area contributed by atoms with Crippen molar-refractivity contribution in [2.75, 3.05) is 6.54 Å². The van der Waals surface area contributed by atoms with Gasteiger partial charge in [-0.1, -0.05) is 11.6 Å². The highest BCUT2D eigenvalue weighted by molar-refractivity contribution is 5.89. The van der Waals surface area contributed by atoms with Crippen molar-refractivity contribution in [1.82, 2.24) is 15.0 Å². The molecule has 0 aromatic carbocycles. The Balaban J connectivity index is 2.20.